The third kappa shape index (κ3) is 3.90. The number of nitrogen functional groups attached to an aromatic ring is 1. The molecular formula is C15H23N3OS. The van der Waals surface area contributed by atoms with Gasteiger partial charge in [-0.05, 0) is 19.1 Å². The van der Waals surface area contributed by atoms with Crippen molar-refractivity contribution in [1.29, 1.82) is 0 Å². The molecule has 2 unspecified atom stereocenters. The van der Waals surface area contributed by atoms with E-state index in [0.29, 0.717) is 29.1 Å². The normalized spacial score (nSPS) is 23.5. The summed E-state index contributed by atoms with van der Waals surface area (Å²) < 4.78 is 0. The SMILES string of the molecule is CC1SCCN(CCC(=O)Nc2ccccc2N)C1C. The molecule has 0 saturated carbocycles. The molecule has 0 spiro atoms. The third-order valence-electron chi connectivity index (χ3n) is 3.88. The van der Waals surface area contributed by atoms with Gasteiger partial charge in [0.1, 0.15) is 0 Å². The summed E-state index contributed by atoms with van der Waals surface area (Å²) in [6, 6.07) is 7.89. The summed E-state index contributed by atoms with van der Waals surface area (Å²) in [4.78, 5) is 14.4. The van der Waals surface area contributed by atoms with Crippen LogP contribution in [0.2, 0.25) is 0 Å². The number of benzene rings is 1. The van der Waals surface area contributed by atoms with Crippen molar-refractivity contribution in [3.05, 3.63) is 24.3 Å². The van der Waals surface area contributed by atoms with Gasteiger partial charge in [-0.3, -0.25) is 9.69 Å². The lowest BCUT2D eigenvalue weighted by Gasteiger charge is -2.37. The number of anilines is 2. The monoisotopic (exact) mass is 293 g/mol. The molecule has 1 aliphatic heterocycles. The zero-order valence-electron chi connectivity index (χ0n) is 12.1. The number of nitrogens with zero attached hydrogens (tertiary/aromatic N) is 1. The van der Waals surface area contributed by atoms with Crippen LogP contribution in [-0.4, -0.2) is 40.9 Å². The topological polar surface area (TPSA) is 58.4 Å². The fourth-order valence-electron chi connectivity index (χ4n) is 2.38. The summed E-state index contributed by atoms with van der Waals surface area (Å²) >= 11 is 2.01. The average Bonchev–Trinajstić information content (AvgIpc) is 2.43. The smallest absolute Gasteiger partial charge is 0.225 e. The summed E-state index contributed by atoms with van der Waals surface area (Å²) in [5.41, 5.74) is 7.13. The number of nitrogens with two attached hydrogens (primary N) is 1. The van der Waals surface area contributed by atoms with Crippen molar-refractivity contribution in [2.45, 2.75) is 31.6 Å². The Morgan fingerprint density at radius 1 is 1.45 bits per heavy atom. The molecule has 20 heavy (non-hydrogen) atoms. The second-order valence-corrected chi connectivity index (χ2v) is 6.72. The zero-order chi connectivity index (χ0) is 14.5. The minimum Gasteiger partial charge on any atom is -0.397 e. The molecule has 1 aliphatic rings. The molecule has 1 aromatic carbocycles. The van der Waals surface area contributed by atoms with Gasteiger partial charge < -0.3 is 11.1 Å². The molecule has 1 heterocycles. The van der Waals surface area contributed by atoms with Crippen molar-refractivity contribution in [2.24, 2.45) is 0 Å². The van der Waals surface area contributed by atoms with E-state index in [1.165, 1.54) is 0 Å². The number of rotatable bonds is 4. The van der Waals surface area contributed by atoms with Crippen LogP contribution in [0.25, 0.3) is 0 Å². The summed E-state index contributed by atoms with van der Waals surface area (Å²) in [6.07, 6.45) is 0.510. The zero-order valence-corrected chi connectivity index (χ0v) is 13.0. The van der Waals surface area contributed by atoms with Crippen molar-refractivity contribution in [2.75, 3.05) is 29.9 Å². The molecule has 0 aromatic heterocycles. The van der Waals surface area contributed by atoms with Crippen LogP contribution >= 0.6 is 11.8 Å². The predicted molar refractivity (Wildman–Crippen MR) is 87.1 cm³/mol. The lowest BCUT2D eigenvalue weighted by atomic mass is 10.2. The highest BCUT2D eigenvalue weighted by molar-refractivity contribution is 8.00. The minimum atomic E-state index is 0.0287. The number of hydrogen-bond acceptors (Lipinski definition) is 4. The fraction of sp³-hybridized carbons (Fsp3) is 0.533. The highest BCUT2D eigenvalue weighted by atomic mass is 32.2. The van der Waals surface area contributed by atoms with E-state index in [1.54, 1.807) is 6.07 Å². The molecule has 0 aliphatic carbocycles. The Hall–Kier alpha value is -1.20. The number of carbonyl (C=O) groups excluding carboxylic acids is 1. The number of carbonyl (C=O) groups is 1. The Labute approximate surface area is 125 Å². The number of thioether (sulfide) groups is 1. The molecule has 0 bridgehead atoms. The maximum atomic E-state index is 12.0. The first kappa shape index (κ1) is 15.2. The van der Waals surface area contributed by atoms with Gasteiger partial charge in [0.15, 0.2) is 0 Å². The first-order chi connectivity index (χ1) is 9.58. The molecule has 1 amide bonds. The van der Waals surface area contributed by atoms with Crippen molar-refractivity contribution in [3.8, 4) is 0 Å². The largest absolute Gasteiger partial charge is 0.397 e. The van der Waals surface area contributed by atoms with E-state index >= 15 is 0 Å². The number of nitrogens with one attached hydrogen (secondary N) is 1. The van der Waals surface area contributed by atoms with E-state index in [1.807, 2.05) is 30.0 Å². The molecule has 1 aromatic rings. The van der Waals surface area contributed by atoms with Gasteiger partial charge in [-0.2, -0.15) is 11.8 Å². The van der Waals surface area contributed by atoms with Gasteiger partial charge in [0.05, 0.1) is 11.4 Å². The molecule has 4 nitrogen and oxygen atoms in total. The van der Waals surface area contributed by atoms with Crippen molar-refractivity contribution in [3.63, 3.8) is 0 Å². The molecule has 5 heteroatoms. The van der Waals surface area contributed by atoms with Crippen LogP contribution in [0.15, 0.2) is 24.3 Å². The van der Waals surface area contributed by atoms with Gasteiger partial charge in [-0.25, -0.2) is 0 Å². The second-order valence-electron chi connectivity index (χ2n) is 5.24. The summed E-state index contributed by atoms with van der Waals surface area (Å²) in [5.74, 6) is 1.18. The Morgan fingerprint density at radius 3 is 2.95 bits per heavy atom. The quantitative estimate of drug-likeness (QED) is 0.837. The van der Waals surface area contributed by atoms with Crippen LogP contribution in [0.5, 0.6) is 0 Å². The Kier molecular flexibility index (Phi) is 5.31. The number of amides is 1. The number of para-hydroxylation sites is 2. The molecule has 0 radical (unpaired) electrons. The van der Waals surface area contributed by atoms with Gasteiger partial charge in [0, 0.05) is 36.6 Å². The van der Waals surface area contributed by atoms with Crippen LogP contribution in [0.1, 0.15) is 20.3 Å². The highest BCUT2D eigenvalue weighted by Gasteiger charge is 2.25. The Morgan fingerprint density at radius 2 is 2.20 bits per heavy atom. The fourth-order valence-corrected chi connectivity index (χ4v) is 3.54. The molecular weight excluding hydrogens is 270 g/mol. The maximum Gasteiger partial charge on any atom is 0.225 e. The Balaban J connectivity index is 1.82. The van der Waals surface area contributed by atoms with Crippen molar-refractivity contribution < 1.29 is 4.79 Å². The lowest BCUT2D eigenvalue weighted by Crippen LogP contribution is -2.45. The predicted octanol–water partition coefficient (Wildman–Crippen LogP) is 2.42. The van der Waals surface area contributed by atoms with Crippen LogP contribution in [0.3, 0.4) is 0 Å². The van der Waals surface area contributed by atoms with E-state index < -0.39 is 0 Å². The summed E-state index contributed by atoms with van der Waals surface area (Å²) in [6.45, 7) is 6.37. The van der Waals surface area contributed by atoms with Crippen molar-refractivity contribution in [1.82, 2.24) is 4.90 Å². The maximum absolute atomic E-state index is 12.0. The van der Waals surface area contributed by atoms with E-state index in [0.717, 1.165) is 18.8 Å². The average molecular weight is 293 g/mol. The molecule has 1 fully saturated rings. The van der Waals surface area contributed by atoms with Gasteiger partial charge in [0.25, 0.3) is 0 Å². The highest BCUT2D eigenvalue weighted by Crippen LogP contribution is 2.24. The van der Waals surface area contributed by atoms with E-state index in [-0.39, 0.29) is 5.91 Å². The molecule has 2 atom stereocenters. The summed E-state index contributed by atoms with van der Waals surface area (Å²) in [7, 11) is 0. The van der Waals surface area contributed by atoms with Crippen LogP contribution in [-0.2, 0) is 4.79 Å². The van der Waals surface area contributed by atoms with Crippen molar-refractivity contribution >= 4 is 29.0 Å². The molecule has 2 rings (SSSR count). The second kappa shape index (κ2) is 6.99. The minimum absolute atomic E-state index is 0.0287. The van der Waals surface area contributed by atoms with Gasteiger partial charge >= 0.3 is 0 Å². The van der Waals surface area contributed by atoms with Crippen LogP contribution in [0.4, 0.5) is 11.4 Å². The van der Waals surface area contributed by atoms with E-state index in [4.69, 9.17) is 5.73 Å². The van der Waals surface area contributed by atoms with E-state index in [9.17, 15) is 4.79 Å². The lowest BCUT2D eigenvalue weighted by molar-refractivity contribution is -0.116. The first-order valence-corrected chi connectivity index (χ1v) is 8.13. The molecule has 1 saturated heterocycles. The van der Waals surface area contributed by atoms with Crippen LogP contribution < -0.4 is 11.1 Å². The van der Waals surface area contributed by atoms with Gasteiger partial charge in [-0.15, -0.1) is 0 Å². The Bertz CT molecular complexity index is 466. The standard InChI is InChI=1S/C15H23N3OS/c1-11-12(2)20-10-9-18(11)8-7-15(19)17-14-6-4-3-5-13(14)16/h3-6,11-12H,7-10,16H2,1-2H3,(H,17,19). The molecule has 110 valence electrons. The molecule has 3 N–H and O–H groups in total. The summed E-state index contributed by atoms with van der Waals surface area (Å²) in [5, 5.41) is 3.52. The third-order valence-corrected chi connectivity index (χ3v) is 5.21. The van der Waals surface area contributed by atoms with E-state index in [2.05, 4.69) is 24.1 Å². The number of hydrogen-bond donors (Lipinski definition) is 2. The van der Waals surface area contributed by atoms with Crippen LogP contribution in [0, 0.1) is 0 Å². The van der Waals surface area contributed by atoms with Gasteiger partial charge in [-0.1, -0.05) is 19.1 Å². The van der Waals surface area contributed by atoms with Gasteiger partial charge in [0.2, 0.25) is 5.91 Å². The first-order valence-electron chi connectivity index (χ1n) is 7.08.